The van der Waals surface area contributed by atoms with Crippen molar-refractivity contribution >= 4 is 16.9 Å². The Balaban J connectivity index is 0.000000146. The number of phenolic OH excluding ortho intramolecular Hbond substituents is 2. The minimum absolute atomic E-state index is 0.0764. The largest absolute Gasteiger partial charge is 0.504 e. The molecule has 1 heterocycles. The number of thioether (sulfide) groups is 1. The maximum atomic E-state index is 10.1. The molecule has 0 aliphatic carbocycles. The van der Waals surface area contributed by atoms with Crippen LogP contribution >= 0.6 is 11.8 Å². The van der Waals surface area contributed by atoms with Crippen LogP contribution < -0.4 is 5.73 Å². The maximum absolute atomic E-state index is 10.1. The summed E-state index contributed by atoms with van der Waals surface area (Å²) < 4.78 is 0. The van der Waals surface area contributed by atoms with Gasteiger partial charge < -0.3 is 15.9 Å². The smallest absolute Gasteiger partial charge is 0.206 e. The van der Waals surface area contributed by atoms with Crippen molar-refractivity contribution in [3.63, 3.8) is 0 Å². The zero-order chi connectivity index (χ0) is 10.6. The molecule has 0 radical (unpaired) electrons. The van der Waals surface area contributed by atoms with Crippen LogP contribution in [0.3, 0.4) is 0 Å². The van der Waals surface area contributed by atoms with Crippen molar-refractivity contribution in [2.24, 2.45) is 5.73 Å². The third-order valence-electron chi connectivity index (χ3n) is 1.59. The number of nitrogens with two attached hydrogens (primary N) is 1. The topological polar surface area (TPSA) is 83.6 Å². The van der Waals surface area contributed by atoms with Crippen molar-refractivity contribution in [1.29, 1.82) is 0 Å². The number of hydrogen-bond donors (Lipinski definition) is 3. The van der Waals surface area contributed by atoms with Gasteiger partial charge in [0.15, 0.2) is 11.5 Å². The Morgan fingerprint density at radius 2 is 1.71 bits per heavy atom. The predicted octanol–water partition coefficient (Wildman–Crippen LogP) is 0.685. The van der Waals surface area contributed by atoms with Crippen LogP contribution in [0.2, 0.25) is 0 Å². The molecule has 2 rings (SSSR count). The number of rotatable bonds is 0. The summed E-state index contributed by atoms with van der Waals surface area (Å²) in [6.45, 7) is 0. The van der Waals surface area contributed by atoms with Gasteiger partial charge in [-0.2, -0.15) is 0 Å². The van der Waals surface area contributed by atoms with Gasteiger partial charge in [0.2, 0.25) is 5.12 Å². The lowest BCUT2D eigenvalue weighted by atomic mass is 10.3. The van der Waals surface area contributed by atoms with E-state index in [4.69, 9.17) is 15.9 Å². The molecule has 1 fully saturated rings. The molecule has 1 aliphatic heterocycles. The number of hydrogen-bond acceptors (Lipinski definition) is 5. The van der Waals surface area contributed by atoms with Gasteiger partial charge in [-0.3, -0.25) is 4.79 Å². The molecule has 0 saturated carbocycles. The van der Waals surface area contributed by atoms with Gasteiger partial charge in [-0.05, 0) is 12.1 Å². The first-order valence-electron chi connectivity index (χ1n) is 4.00. The molecule has 0 aromatic heterocycles. The van der Waals surface area contributed by atoms with E-state index < -0.39 is 0 Å². The highest BCUT2D eigenvalue weighted by atomic mass is 32.2. The Morgan fingerprint density at radius 1 is 1.29 bits per heavy atom. The van der Waals surface area contributed by atoms with E-state index >= 15 is 0 Å². The lowest BCUT2D eigenvalue weighted by Crippen LogP contribution is -2.39. The first kappa shape index (κ1) is 10.9. The van der Waals surface area contributed by atoms with E-state index in [1.807, 2.05) is 0 Å². The van der Waals surface area contributed by atoms with Crippen LogP contribution in [-0.4, -0.2) is 27.1 Å². The molecule has 76 valence electrons. The zero-order valence-corrected chi connectivity index (χ0v) is 8.20. The second-order valence-corrected chi connectivity index (χ2v) is 3.75. The first-order chi connectivity index (χ1) is 6.61. The summed E-state index contributed by atoms with van der Waals surface area (Å²) in [6.07, 6.45) is 0. The fraction of sp³-hybridized carbons (Fsp3) is 0.222. The van der Waals surface area contributed by atoms with Crippen LogP contribution in [0.4, 0.5) is 0 Å². The van der Waals surface area contributed by atoms with Gasteiger partial charge in [-0.15, -0.1) is 0 Å². The summed E-state index contributed by atoms with van der Waals surface area (Å²) >= 11 is 1.30. The summed E-state index contributed by atoms with van der Waals surface area (Å²) in [5, 5.41) is 17.5. The fourth-order valence-electron chi connectivity index (χ4n) is 0.712. The van der Waals surface area contributed by atoms with Crippen molar-refractivity contribution in [2.75, 3.05) is 5.75 Å². The number of aromatic hydroxyl groups is 2. The van der Waals surface area contributed by atoms with E-state index in [0.29, 0.717) is 0 Å². The molecule has 1 aliphatic rings. The highest BCUT2D eigenvalue weighted by Crippen LogP contribution is 2.21. The molecule has 1 atom stereocenters. The first-order valence-corrected chi connectivity index (χ1v) is 4.99. The zero-order valence-electron chi connectivity index (χ0n) is 7.38. The Hall–Kier alpha value is -1.20. The van der Waals surface area contributed by atoms with Crippen LogP contribution in [0.1, 0.15) is 0 Å². The second-order valence-electron chi connectivity index (χ2n) is 2.73. The summed E-state index contributed by atoms with van der Waals surface area (Å²) in [5.41, 5.74) is 5.15. The fourth-order valence-corrected chi connectivity index (χ4v) is 1.21. The molecule has 5 heteroatoms. The van der Waals surface area contributed by atoms with Crippen LogP contribution in [0.5, 0.6) is 11.5 Å². The van der Waals surface area contributed by atoms with E-state index in [1.54, 1.807) is 12.1 Å². The molecule has 0 spiro atoms. The lowest BCUT2D eigenvalue weighted by molar-refractivity contribution is -0.112. The van der Waals surface area contributed by atoms with Crippen LogP contribution in [0.25, 0.3) is 0 Å². The van der Waals surface area contributed by atoms with Gasteiger partial charge in [0, 0.05) is 5.75 Å². The van der Waals surface area contributed by atoms with Gasteiger partial charge in [0.05, 0.1) is 6.04 Å². The predicted molar refractivity (Wildman–Crippen MR) is 55.2 cm³/mol. The quantitative estimate of drug-likeness (QED) is 0.552. The van der Waals surface area contributed by atoms with E-state index in [1.165, 1.54) is 23.9 Å². The number of benzene rings is 1. The van der Waals surface area contributed by atoms with Crippen LogP contribution in [-0.2, 0) is 4.79 Å². The minimum Gasteiger partial charge on any atom is -0.504 e. The average Bonchev–Trinajstić information content (AvgIpc) is 2.21. The minimum atomic E-state index is -0.144. The van der Waals surface area contributed by atoms with E-state index in [-0.39, 0.29) is 22.7 Å². The highest BCUT2D eigenvalue weighted by molar-refractivity contribution is 8.16. The van der Waals surface area contributed by atoms with Crippen LogP contribution in [0.15, 0.2) is 24.3 Å². The molecule has 1 unspecified atom stereocenters. The molecule has 4 N–H and O–H groups in total. The monoisotopic (exact) mass is 213 g/mol. The number of para-hydroxylation sites is 2. The highest BCUT2D eigenvalue weighted by Gasteiger charge is 2.24. The van der Waals surface area contributed by atoms with E-state index in [2.05, 4.69) is 0 Å². The van der Waals surface area contributed by atoms with Gasteiger partial charge in [-0.25, -0.2) is 0 Å². The van der Waals surface area contributed by atoms with Crippen LogP contribution in [0, 0.1) is 0 Å². The SMILES string of the molecule is NC1CSC1=O.Oc1ccccc1O. The lowest BCUT2D eigenvalue weighted by Gasteiger charge is -2.16. The molecule has 4 nitrogen and oxygen atoms in total. The Kier molecular flexibility index (Phi) is 3.79. The van der Waals surface area contributed by atoms with E-state index in [9.17, 15) is 4.79 Å². The molecular weight excluding hydrogens is 202 g/mol. The average molecular weight is 213 g/mol. The standard InChI is InChI=1S/C6H6O2.C3H5NOS/c7-5-3-1-2-4-6(5)8;4-2-1-6-3(2)5/h1-4,7-8H;2H,1,4H2. The van der Waals surface area contributed by atoms with E-state index in [0.717, 1.165) is 5.75 Å². The Labute approximate surface area is 85.7 Å². The third-order valence-corrected chi connectivity index (χ3v) is 2.70. The Morgan fingerprint density at radius 3 is 1.86 bits per heavy atom. The van der Waals surface area contributed by atoms with Crippen molar-refractivity contribution < 1.29 is 15.0 Å². The van der Waals surface area contributed by atoms with Crippen molar-refractivity contribution in [2.45, 2.75) is 6.04 Å². The summed E-state index contributed by atoms with van der Waals surface area (Å²) in [7, 11) is 0. The molecular formula is C9H11NO3S. The second kappa shape index (κ2) is 4.88. The molecule has 14 heavy (non-hydrogen) atoms. The molecule has 0 bridgehead atoms. The van der Waals surface area contributed by atoms with Gasteiger partial charge >= 0.3 is 0 Å². The third kappa shape index (κ3) is 2.93. The van der Waals surface area contributed by atoms with Gasteiger partial charge in [0.1, 0.15) is 0 Å². The van der Waals surface area contributed by atoms with Crippen molar-refractivity contribution in [3.8, 4) is 11.5 Å². The number of phenols is 2. The number of carbonyl (C=O) groups is 1. The number of carbonyl (C=O) groups excluding carboxylic acids is 1. The Bertz CT molecular complexity index is 309. The summed E-state index contributed by atoms with van der Waals surface area (Å²) in [5.74, 6) is 0.666. The molecule has 0 amide bonds. The summed E-state index contributed by atoms with van der Waals surface area (Å²) in [4.78, 5) is 10.1. The summed E-state index contributed by atoms with van der Waals surface area (Å²) in [6, 6.07) is 6.00. The molecule has 1 aromatic carbocycles. The maximum Gasteiger partial charge on any atom is 0.206 e. The molecule has 1 saturated heterocycles. The normalized spacial score (nSPS) is 19.2. The van der Waals surface area contributed by atoms with Gasteiger partial charge in [-0.1, -0.05) is 23.9 Å². The van der Waals surface area contributed by atoms with Crippen molar-refractivity contribution in [1.82, 2.24) is 0 Å². The van der Waals surface area contributed by atoms with Crippen molar-refractivity contribution in [3.05, 3.63) is 24.3 Å². The van der Waals surface area contributed by atoms with Gasteiger partial charge in [0.25, 0.3) is 0 Å². The molecule has 1 aromatic rings.